The van der Waals surface area contributed by atoms with Crippen LogP contribution in [0, 0.1) is 13.8 Å². The molecule has 0 atom stereocenters. The average molecular weight is 378 g/mol. The number of benzene rings is 2. The van der Waals surface area contributed by atoms with E-state index in [9.17, 15) is 4.79 Å². The largest absolute Gasteiger partial charge is 0.464 e. The van der Waals surface area contributed by atoms with Crippen molar-refractivity contribution in [2.24, 2.45) is 0 Å². The molecule has 1 saturated heterocycles. The smallest absolute Gasteiger partial charge is 0.228 e. The van der Waals surface area contributed by atoms with Gasteiger partial charge in [0.05, 0.1) is 45.9 Å². The van der Waals surface area contributed by atoms with Gasteiger partial charge in [-0.1, -0.05) is 12.1 Å². The number of hydrogen-bond acceptors (Lipinski definition) is 3. The molecule has 2 heterocycles. The van der Waals surface area contributed by atoms with Gasteiger partial charge in [-0.3, -0.25) is 4.79 Å². The zero-order valence-electron chi connectivity index (χ0n) is 16.8. The number of carbonyl (C=O) groups is 1. The SMILES string of the molecule is Cc1ccc2c(CC(=O)Nc3ccc(N4CC[NH+](C)CC4)cc3C)coc2c1. The Kier molecular flexibility index (Phi) is 5.09. The zero-order valence-corrected chi connectivity index (χ0v) is 16.8. The van der Waals surface area contributed by atoms with E-state index in [-0.39, 0.29) is 5.91 Å². The van der Waals surface area contributed by atoms with Crippen molar-refractivity contribution in [3.8, 4) is 0 Å². The van der Waals surface area contributed by atoms with Gasteiger partial charge in [0, 0.05) is 22.3 Å². The Labute approximate surface area is 165 Å². The molecule has 1 aliphatic rings. The van der Waals surface area contributed by atoms with Gasteiger partial charge < -0.3 is 19.5 Å². The van der Waals surface area contributed by atoms with E-state index in [0.717, 1.165) is 59.5 Å². The van der Waals surface area contributed by atoms with Crippen molar-refractivity contribution in [3.63, 3.8) is 0 Å². The minimum atomic E-state index is -0.0256. The fourth-order valence-corrected chi connectivity index (χ4v) is 3.83. The highest BCUT2D eigenvalue weighted by molar-refractivity contribution is 5.96. The molecule has 0 saturated carbocycles. The highest BCUT2D eigenvalue weighted by Crippen LogP contribution is 2.25. The van der Waals surface area contributed by atoms with Crippen molar-refractivity contribution in [1.29, 1.82) is 0 Å². The fourth-order valence-electron chi connectivity index (χ4n) is 3.83. The summed E-state index contributed by atoms with van der Waals surface area (Å²) in [6.07, 6.45) is 1.99. The van der Waals surface area contributed by atoms with Gasteiger partial charge >= 0.3 is 0 Å². The lowest BCUT2D eigenvalue weighted by Crippen LogP contribution is -3.12. The second-order valence-electron chi connectivity index (χ2n) is 7.93. The van der Waals surface area contributed by atoms with E-state index in [1.807, 2.05) is 31.2 Å². The third kappa shape index (κ3) is 3.90. The molecule has 5 nitrogen and oxygen atoms in total. The lowest BCUT2D eigenvalue weighted by molar-refractivity contribution is -0.880. The van der Waals surface area contributed by atoms with Crippen LogP contribution in [0.3, 0.4) is 0 Å². The van der Waals surface area contributed by atoms with Crippen LogP contribution in [0.4, 0.5) is 11.4 Å². The predicted molar refractivity (Wildman–Crippen MR) is 113 cm³/mol. The summed E-state index contributed by atoms with van der Waals surface area (Å²) in [5.74, 6) is -0.0256. The number of piperazine rings is 1. The number of nitrogens with one attached hydrogen (secondary N) is 2. The fraction of sp³-hybridized carbons (Fsp3) is 0.348. The van der Waals surface area contributed by atoms with Crippen molar-refractivity contribution in [3.05, 3.63) is 59.4 Å². The van der Waals surface area contributed by atoms with Crippen LogP contribution in [-0.2, 0) is 11.2 Å². The summed E-state index contributed by atoms with van der Waals surface area (Å²) in [4.78, 5) is 16.6. The summed E-state index contributed by atoms with van der Waals surface area (Å²) >= 11 is 0. The monoisotopic (exact) mass is 378 g/mol. The van der Waals surface area contributed by atoms with Crippen LogP contribution >= 0.6 is 0 Å². The standard InChI is InChI=1S/C23H27N3O2/c1-16-4-6-20-18(15-28-22(20)12-16)14-23(27)24-21-7-5-19(13-17(21)2)26-10-8-25(3)9-11-26/h4-7,12-13,15H,8-11,14H2,1-3H3,(H,24,27)/p+1. The second kappa shape index (κ2) is 7.68. The molecular weight excluding hydrogens is 350 g/mol. The average Bonchev–Trinajstić information content (AvgIpc) is 3.05. The van der Waals surface area contributed by atoms with Gasteiger partial charge in [-0.2, -0.15) is 0 Å². The van der Waals surface area contributed by atoms with Crippen molar-refractivity contribution in [2.75, 3.05) is 43.4 Å². The molecule has 0 aliphatic carbocycles. The molecule has 1 amide bonds. The molecule has 2 N–H and O–H groups in total. The van der Waals surface area contributed by atoms with Crippen LogP contribution in [0.5, 0.6) is 0 Å². The minimum absolute atomic E-state index is 0.0256. The Balaban J connectivity index is 1.44. The maximum atomic E-state index is 12.6. The molecule has 0 radical (unpaired) electrons. The van der Waals surface area contributed by atoms with E-state index in [0.29, 0.717) is 6.42 Å². The van der Waals surface area contributed by atoms with Gasteiger partial charge in [0.2, 0.25) is 5.91 Å². The molecular formula is C23H28N3O2+. The summed E-state index contributed by atoms with van der Waals surface area (Å²) in [6, 6.07) is 12.4. The van der Waals surface area contributed by atoms with E-state index in [2.05, 4.69) is 36.3 Å². The highest BCUT2D eigenvalue weighted by atomic mass is 16.3. The van der Waals surface area contributed by atoms with Crippen molar-refractivity contribution < 1.29 is 14.1 Å². The molecule has 146 valence electrons. The third-order valence-electron chi connectivity index (χ3n) is 5.63. The highest BCUT2D eigenvalue weighted by Gasteiger charge is 2.18. The van der Waals surface area contributed by atoms with E-state index in [1.165, 1.54) is 5.69 Å². The molecule has 1 aromatic heterocycles. The Morgan fingerprint density at radius 1 is 1.14 bits per heavy atom. The van der Waals surface area contributed by atoms with Gasteiger partial charge in [0.1, 0.15) is 5.58 Å². The number of anilines is 2. The Morgan fingerprint density at radius 2 is 1.93 bits per heavy atom. The van der Waals surface area contributed by atoms with Crippen LogP contribution in [0.2, 0.25) is 0 Å². The summed E-state index contributed by atoms with van der Waals surface area (Å²) in [6.45, 7) is 8.56. The second-order valence-corrected chi connectivity index (χ2v) is 7.93. The summed E-state index contributed by atoms with van der Waals surface area (Å²) < 4.78 is 5.61. The molecule has 4 rings (SSSR count). The van der Waals surface area contributed by atoms with Crippen LogP contribution in [0.1, 0.15) is 16.7 Å². The summed E-state index contributed by atoms with van der Waals surface area (Å²) in [7, 11) is 2.24. The minimum Gasteiger partial charge on any atom is -0.464 e. The molecule has 2 aromatic carbocycles. The van der Waals surface area contributed by atoms with Gasteiger partial charge in [-0.15, -0.1) is 0 Å². The summed E-state index contributed by atoms with van der Waals surface area (Å²) in [5, 5.41) is 4.06. The maximum Gasteiger partial charge on any atom is 0.228 e. The lowest BCUT2D eigenvalue weighted by atomic mass is 10.1. The van der Waals surface area contributed by atoms with E-state index in [1.54, 1.807) is 11.2 Å². The Bertz CT molecular complexity index is 1000. The third-order valence-corrected chi connectivity index (χ3v) is 5.63. The maximum absolute atomic E-state index is 12.6. The van der Waals surface area contributed by atoms with Gasteiger partial charge in [0.15, 0.2) is 0 Å². The number of carbonyl (C=O) groups excluding carboxylic acids is 1. The quantitative estimate of drug-likeness (QED) is 0.734. The number of furan rings is 1. The van der Waals surface area contributed by atoms with E-state index < -0.39 is 0 Å². The van der Waals surface area contributed by atoms with Gasteiger partial charge in [-0.25, -0.2) is 0 Å². The Morgan fingerprint density at radius 3 is 2.68 bits per heavy atom. The van der Waals surface area contributed by atoms with Gasteiger partial charge in [-0.05, 0) is 49.2 Å². The number of likely N-dealkylation sites (N-methyl/N-ethyl adjacent to an activating group) is 1. The zero-order chi connectivity index (χ0) is 19.7. The molecule has 3 aromatic rings. The number of amides is 1. The number of nitrogens with zero attached hydrogens (tertiary/aromatic N) is 1. The van der Waals surface area contributed by atoms with Crippen molar-refractivity contribution in [1.82, 2.24) is 0 Å². The van der Waals surface area contributed by atoms with E-state index >= 15 is 0 Å². The van der Waals surface area contributed by atoms with Crippen molar-refractivity contribution in [2.45, 2.75) is 20.3 Å². The van der Waals surface area contributed by atoms with Crippen LogP contribution in [0.15, 0.2) is 47.1 Å². The molecule has 1 fully saturated rings. The van der Waals surface area contributed by atoms with Crippen LogP contribution in [-0.4, -0.2) is 39.1 Å². The van der Waals surface area contributed by atoms with Gasteiger partial charge in [0.25, 0.3) is 0 Å². The van der Waals surface area contributed by atoms with E-state index in [4.69, 9.17) is 4.42 Å². The number of quaternary nitrogens is 1. The number of hydrogen-bond donors (Lipinski definition) is 2. The normalized spacial score (nSPS) is 15.2. The first-order valence-electron chi connectivity index (χ1n) is 9.93. The first-order valence-corrected chi connectivity index (χ1v) is 9.93. The van der Waals surface area contributed by atoms with Crippen LogP contribution < -0.4 is 15.1 Å². The van der Waals surface area contributed by atoms with Crippen molar-refractivity contribution >= 4 is 28.3 Å². The first-order chi connectivity index (χ1) is 13.5. The molecule has 0 unspecified atom stereocenters. The number of fused-ring (bicyclic) bond motifs is 1. The van der Waals surface area contributed by atoms with Crippen LogP contribution in [0.25, 0.3) is 11.0 Å². The molecule has 0 spiro atoms. The lowest BCUT2D eigenvalue weighted by Gasteiger charge is -2.32. The topological polar surface area (TPSA) is 49.9 Å². The molecule has 28 heavy (non-hydrogen) atoms. The predicted octanol–water partition coefficient (Wildman–Crippen LogP) is 2.57. The number of aryl methyl sites for hydroxylation is 2. The molecule has 1 aliphatic heterocycles. The molecule has 0 bridgehead atoms. The molecule has 5 heteroatoms. The summed E-state index contributed by atoms with van der Waals surface area (Å²) in [5.41, 5.74) is 6.09. The first kappa shape index (κ1) is 18.6. The number of rotatable bonds is 4. The Hall–Kier alpha value is -2.79.